The fourth-order valence-corrected chi connectivity index (χ4v) is 3.52. The van der Waals surface area contributed by atoms with E-state index in [1.165, 1.54) is 16.7 Å². The van der Waals surface area contributed by atoms with Gasteiger partial charge in [-0.25, -0.2) is 9.18 Å². The Balaban J connectivity index is 1.75. The van der Waals surface area contributed by atoms with Crippen molar-refractivity contribution >= 4 is 11.9 Å². The number of pyridine rings is 1. The number of hydrogen-bond acceptors (Lipinski definition) is 3. The Hall–Kier alpha value is -3.74. The standard InChI is InChI=1S/C22H18FN3O3/c1-14-3-2-12-26(19(14)27)13-22(20(28)24-21(29)25-22)17-8-4-15(5-9-17)16-6-10-18(23)11-7-16/h2-12H,13H2,1H3,(H2,24,25,28,29). The molecule has 2 heterocycles. The second-order valence-electron chi connectivity index (χ2n) is 7.02. The average Bonchev–Trinajstić information content (AvgIpc) is 3.00. The van der Waals surface area contributed by atoms with Crippen LogP contribution in [0.1, 0.15) is 11.1 Å². The summed E-state index contributed by atoms with van der Waals surface area (Å²) in [6.45, 7) is 1.65. The van der Waals surface area contributed by atoms with E-state index in [1.807, 2.05) is 0 Å². The lowest BCUT2D eigenvalue weighted by atomic mass is 9.88. The number of halogens is 1. The minimum Gasteiger partial charge on any atom is -0.318 e. The molecule has 4 rings (SSSR count). The molecule has 29 heavy (non-hydrogen) atoms. The molecule has 2 N–H and O–H groups in total. The largest absolute Gasteiger partial charge is 0.322 e. The van der Waals surface area contributed by atoms with E-state index in [0.29, 0.717) is 11.1 Å². The highest BCUT2D eigenvalue weighted by molar-refractivity contribution is 6.07. The smallest absolute Gasteiger partial charge is 0.318 e. The minimum atomic E-state index is -1.41. The molecule has 1 aromatic heterocycles. The Labute approximate surface area is 166 Å². The molecule has 1 saturated heterocycles. The highest BCUT2D eigenvalue weighted by Crippen LogP contribution is 2.29. The lowest BCUT2D eigenvalue weighted by Crippen LogP contribution is -2.49. The Bertz CT molecular complexity index is 1150. The molecule has 0 radical (unpaired) electrons. The van der Waals surface area contributed by atoms with E-state index in [2.05, 4.69) is 10.6 Å². The van der Waals surface area contributed by atoms with Crippen molar-refractivity contribution in [2.75, 3.05) is 0 Å². The van der Waals surface area contributed by atoms with Gasteiger partial charge in [0.05, 0.1) is 6.54 Å². The van der Waals surface area contributed by atoms with Gasteiger partial charge in [0, 0.05) is 11.8 Å². The highest BCUT2D eigenvalue weighted by Gasteiger charge is 2.48. The van der Waals surface area contributed by atoms with Crippen LogP contribution in [0.2, 0.25) is 0 Å². The molecule has 0 aliphatic carbocycles. The third-order valence-corrected chi connectivity index (χ3v) is 5.11. The van der Waals surface area contributed by atoms with Crippen LogP contribution in [-0.2, 0) is 16.9 Å². The summed E-state index contributed by atoms with van der Waals surface area (Å²) in [7, 11) is 0. The molecule has 1 aliphatic heterocycles. The van der Waals surface area contributed by atoms with E-state index in [4.69, 9.17) is 0 Å². The summed E-state index contributed by atoms with van der Waals surface area (Å²) >= 11 is 0. The third-order valence-electron chi connectivity index (χ3n) is 5.11. The lowest BCUT2D eigenvalue weighted by Gasteiger charge is -2.27. The van der Waals surface area contributed by atoms with Crippen LogP contribution < -0.4 is 16.2 Å². The quantitative estimate of drug-likeness (QED) is 0.671. The number of carbonyl (C=O) groups is 2. The zero-order valence-corrected chi connectivity index (χ0v) is 15.6. The molecule has 1 unspecified atom stereocenters. The van der Waals surface area contributed by atoms with Gasteiger partial charge in [-0.3, -0.25) is 14.9 Å². The van der Waals surface area contributed by atoms with Crippen LogP contribution in [0.5, 0.6) is 0 Å². The number of aromatic nitrogens is 1. The number of urea groups is 1. The van der Waals surface area contributed by atoms with Gasteiger partial charge in [0.25, 0.3) is 11.5 Å². The third kappa shape index (κ3) is 3.31. The molecule has 0 bridgehead atoms. The van der Waals surface area contributed by atoms with Crippen LogP contribution in [-0.4, -0.2) is 16.5 Å². The molecular weight excluding hydrogens is 373 g/mol. The lowest BCUT2D eigenvalue weighted by molar-refractivity contribution is -0.124. The monoisotopic (exact) mass is 391 g/mol. The van der Waals surface area contributed by atoms with Crippen LogP contribution in [0.15, 0.2) is 71.7 Å². The Kier molecular flexibility index (Phi) is 4.50. The van der Waals surface area contributed by atoms with Gasteiger partial charge in [0.2, 0.25) is 0 Å². The topological polar surface area (TPSA) is 80.2 Å². The van der Waals surface area contributed by atoms with Gasteiger partial charge in [0.15, 0.2) is 5.54 Å². The normalized spacial score (nSPS) is 18.4. The minimum absolute atomic E-state index is 0.0407. The first-order valence-electron chi connectivity index (χ1n) is 9.05. The Morgan fingerprint density at radius 1 is 0.931 bits per heavy atom. The van der Waals surface area contributed by atoms with Gasteiger partial charge in [-0.1, -0.05) is 42.5 Å². The number of aryl methyl sites for hydroxylation is 1. The van der Waals surface area contributed by atoms with Gasteiger partial charge >= 0.3 is 6.03 Å². The van der Waals surface area contributed by atoms with E-state index >= 15 is 0 Å². The van der Waals surface area contributed by atoms with Gasteiger partial charge in [-0.05, 0) is 41.8 Å². The summed E-state index contributed by atoms with van der Waals surface area (Å²) in [5.41, 5.74) is 1.10. The average molecular weight is 391 g/mol. The van der Waals surface area contributed by atoms with Crippen molar-refractivity contribution in [3.8, 4) is 11.1 Å². The van der Waals surface area contributed by atoms with Crippen LogP contribution >= 0.6 is 0 Å². The molecule has 0 saturated carbocycles. The van der Waals surface area contributed by atoms with Gasteiger partial charge < -0.3 is 9.88 Å². The van der Waals surface area contributed by atoms with Crippen LogP contribution in [0.25, 0.3) is 11.1 Å². The SMILES string of the molecule is Cc1cccn(CC2(c3ccc(-c4ccc(F)cc4)cc3)NC(=O)NC2=O)c1=O. The number of benzene rings is 2. The summed E-state index contributed by atoms with van der Waals surface area (Å²) < 4.78 is 14.6. The maximum absolute atomic E-state index is 13.2. The highest BCUT2D eigenvalue weighted by atomic mass is 19.1. The van der Waals surface area contributed by atoms with Crippen LogP contribution in [0.3, 0.4) is 0 Å². The Morgan fingerprint density at radius 3 is 2.14 bits per heavy atom. The van der Waals surface area contributed by atoms with Gasteiger partial charge in [-0.2, -0.15) is 0 Å². The van der Waals surface area contributed by atoms with Gasteiger partial charge in [-0.15, -0.1) is 0 Å². The number of hydrogen-bond donors (Lipinski definition) is 2. The summed E-state index contributed by atoms with van der Waals surface area (Å²) in [5, 5.41) is 4.95. The van der Waals surface area contributed by atoms with E-state index in [0.717, 1.165) is 11.1 Å². The maximum atomic E-state index is 13.2. The van der Waals surface area contributed by atoms with Crippen molar-refractivity contribution in [3.05, 3.63) is 94.2 Å². The van der Waals surface area contributed by atoms with Gasteiger partial charge in [0.1, 0.15) is 5.82 Å². The second-order valence-corrected chi connectivity index (χ2v) is 7.02. The van der Waals surface area contributed by atoms with Crippen molar-refractivity contribution in [2.24, 2.45) is 0 Å². The molecule has 1 fully saturated rings. The predicted molar refractivity (Wildman–Crippen MR) is 106 cm³/mol. The zero-order valence-electron chi connectivity index (χ0n) is 15.6. The van der Waals surface area contributed by atoms with E-state index in [1.54, 1.807) is 61.7 Å². The molecule has 1 aliphatic rings. The first kappa shape index (κ1) is 18.6. The maximum Gasteiger partial charge on any atom is 0.322 e. The summed E-state index contributed by atoms with van der Waals surface area (Å²) in [6, 6.07) is 15.9. The zero-order chi connectivity index (χ0) is 20.6. The van der Waals surface area contributed by atoms with Crippen LogP contribution in [0.4, 0.5) is 9.18 Å². The number of imide groups is 1. The number of rotatable bonds is 4. The number of carbonyl (C=O) groups excluding carboxylic acids is 2. The molecule has 0 spiro atoms. The molecular formula is C22H18FN3O3. The molecule has 2 aromatic carbocycles. The number of nitrogens with one attached hydrogen (secondary N) is 2. The van der Waals surface area contributed by atoms with Crippen molar-refractivity contribution < 1.29 is 14.0 Å². The molecule has 1 atom stereocenters. The number of nitrogens with zero attached hydrogens (tertiary/aromatic N) is 1. The summed E-state index contributed by atoms with van der Waals surface area (Å²) in [5.74, 6) is -0.844. The summed E-state index contributed by atoms with van der Waals surface area (Å²) in [4.78, 5) is 37.2. The van der Waals surface area contributed by atoms with E-state index in [9.17, 15) is 18.8 Å². The fraction of sp³-hybridized carbons (Fsp3) is 0.136. The second kappa shape index (κ2) is 7.01. The Morgan fingerprint density at radius 2 is 1.55 bits per heavy atom. The van der Waals surface area contributed by atoms with Crippen molar-refractivity contribution in [1.82, 2.24) is 15.2 Å². The van der Waals surface area contributed by atoms with Crippen molar-refractivity contribution in [3.63, 3.8) is 0 Å². The predicted octanol–water partition coefficient (Wildman–Crippen LogP) is 2.70. The fourth-order valence-electron chi connectivity index (χ4n) is 3.52. The molecule has 146 valence electrons. The van der Waals surface area contributed by atoms with Crippen molar-refractivity contribution in [2.45, 2.75) is 19.0 Å². The molecule has 3 aromatic rings. The number of amides is 3. The van der Waals surface area contributed by atoms with E-state index < -0.39 is 17.5 Å². The molecule has 7 heteroatoms. The molecule has 3 amide bonds. The van der Waals surface area contributed by atoms with E-state index in [-0.39, 0.29) is 17.9 Å². The van der Waals surface area contributed by atoms with Crippen LogP contribution in [0, 0.1) is 12.7 Å². The molecule has 6 nitrogen and oxygen atoms in total. The van der Waals surface area contributed by atoms with Crippen molar-refractivity contribution in [1.29, 1.82) is 0 Å². The summed E-state index contributed by atoms with van der Waals surface area (Å²) in [6.07, 6.45) is 1.59. The first-order valence-corrected chi connectivity index (χ1v) is 9.05. The first-order chi connectivity index (χ1) is 13.9.